The Morgan fingerprint density at radius 2 is 1.93 bits per heavy atom. The first kappa shape index (κ1) is 20.5. The number of allylic oxidation sites excluding steroid dienone is 1. The van der Waals surface area contributed by atoms with E-state index < -0.39 is 0 Å². The Balaban J connectivity index is 1.67. The first-order chi connectivity index (χ1) is 13.6. The van der Waals surface area contributed by atoms with Gasteiger partial charge in [0.1, 0.15) is 0 Å². The molecular formula is C20H18Cl2N4OS. The maximum absolute atomic E-state index is 12.2. The van der Waals surface area contributed by atoms with E-state index in [1.54, 1.807) is 24.3 Å². The van der Waals surface area contributed by atoms with Gasteiger partial charge in [-0.2, -0.15) is 0 Å². The molecule has 0 atom stereocenters. The fourth-order valence-electron chi connectivity index (χ4n) is 2.50. The zero-order valence-electron chi connectivity index (χ0n) is 14.9. The van der Waals surface area contributed by atoms with E-state index in [9.17, 15) is 4.79 Å². The third-order valence-corrected chi connectivity index (χ3v) is 5.68. The molecule has 0 bridgehead atoms. The number of hydrogen-bond acceptors (Lipinski definition) is 4. The second kappa shape index (κ2) is 9.78. The number of aromatic nitrogens is 3. The maximum atomic E-state index is 12.2. The van der Waals surface area contributed by atoms with Crippen LogP contribution in [0, 0.1) is 0 Å². The van der Waals surface area contributed by atoms with Gasteiger partial charge in [0.2, 0.25) is 0 Å². The average Bonchev–Trinajstić information content (AvgIpc) is 3.09. The van der Waals surface area contributed by atoms with Gasteiger partial charge in [0, 0.05) is 17.9 Å². The van der Waals surface area contributed by atoms with Gasteiger partial charge in [-0.3, -0.25) is 4.79 Å². The number of nitrogens with zero attached hydrogens (tertiary/aromatic N) is 3. The fraction of sp³-hybridized carbons (Fsp3) is 0.150. The zero-order chi connectivity index (χ0) is 19.9. The molecule has 0 unspecified atom stereocenters. The van der Waals surface area contributed by atoms with Crippen molar-refractivity contribution in [3.05, 3.63) is 88.2 Å². The van der Waals surface area contributed by atoms with Gasteiger partial charge < -0.3 is 9.88 Å². The number of thioether (sulfide) groups is 1. The predicted octanol–water partition coefficient (Wildman–Crippen LogP) is 4.99. The Kier molecular flexibility index (Phi) is 7.14. The third-order valence-electron chi connectivity index (χ3n) is 3.90. The topological polar surface area (TPSA) is 59.8 Å². The molecule has 2 aromatic carbocycles. The minimum absolute atomic E-state index is 0.154. The fourth-order valence-corrected chi connectivity index (χ4v) is 3.73. The molecule has 3 aromatic rings. The third kappa shape index (κ3) is 5.16. The van der Waals surface area contributed by atoms with Gasteiger partial charge in [0.25, 0.3) is 5.91 Å². The van der Waals surface area contributed by atoms with Crippen molar-refractivity contribution in [3.8, 4) is 0 Å². The summed E-state index contributed by atoms with van der Waals surface area (Å²) in [4.78, 5) is 12.2. The van der Waals surface area contributed by atoms with Crippen LogP contribution in [-0.4, -0.2) is 20.7 Å². The molecule has 28 heavy (non-hydrogen) atoms. The molecule has 1 heterocycles. The minimum Gasteiger partial charge on any atom is -0.345 e. The highest BCUT2D eigenvalue weighted by Gasteiger charge is 2.14. The summed E-state index contributed by atoms with van der Waals surface area (Å²) in [6.07, 6.45) is 1.77. The molecule has 5 nitrogen and oxygen atoms in total. The highest BCUT2D eigenvalue weighted by atomic mass is 35.5. The zero-order valence-corrected chi connectivity index (χ0v) is 17.3. The summed E-state index contributed by atoms with van der Waals surface area (Å²) in [7, 11) is 0. The van der Waals surface area contributed by atoms with E-state index in [0.717, 1.165) is 10.7 Å². The molecule has 0 fully saturated rings. The molecule has 1 aromatic heterocycles. The Labute approximate surface area is 177 Å². The summed E-state index contributed by atoms with van der Waals surface area (Å²) in [5.41, 5.74) is 1.64. The maximum Gasteiger partial charge on any atom is 0.251 e. The minimum atomic E-state index is -0.154. The molecule has 3 rings (SSSR count). The molecule has 0 saturated heterocycles. The second-order valence-electron chi connectivity index (χ2n) is 5.88. The average molecular weight is 433 g/mol. The molecule has 8 heteroatoms. The first-order valence-electron chi connectivity index (χ1n) is 8.51. The Morgan fingerprint density at radius 1 is 1.14 bits per heavy atom. The number of benzene rings is 2. The second-order valence-corrected chi connectivity index (χ2v) is 7.64. The number of rotatable bonds is 8. The lowest BCUT2D eigenvalue weighted by atomic mass is 10.2. The van der Waals surface area contributed by atoms with Crippen molar-refractivity contribution in [2.45, 2.75) is 24.0 Å². The number of nitrogens with one attached hydrogen (secondary N) is 1. The Bertz CT molecular complexity index is 976. The van der Waals surface area contributed by atoms with Crippen molar-refractivity contribution in [2.24, 2.45) is 0 Å². The van der Waals surface area contributed by atoms with Crippen LogP contribution in [0.2, 0.25) is 10.0 Å². The summed E-state index contributed by atoms with van der Waals surface area (Å²) in [6.45, 7) is 4.62. The van der Waals surface area contributed by atoms with Crippen molar-refractivity contribution in [2.75, 3.05) is 0 Å². The van der Waals surface area contributed by atoms with Crippen LogP contribution in [0.3, 0.4) is 0 Å². The lowest BCUT2D eigenvalue weighted by Gasteiger charge is -2.09. The van der Waals surface area contributed by atoms with Crippen molar-refractivity contribution in [1.29, 1.82) is 0 Å². The molecule has 0 saturated carbocycles. The van der Waals surface area contributed by atoms with Gasteiger partial charge in [-0.25, -0.2) is 0 Å². The van der Waals surface area contributed by atoms with Gasteiger partial charge >= 0.3 is 0 Å². The number of halogens is 2. The van der Waals surface area contributed by atoms with Crippen LogP contribution >= 0.6 is 35.0 Å². The van der Waals surface area contributed by atoms with Crippen molar-refractivity contribution in [3.63, 3.8) is 0 Å². The summed E-state index contributed by atoms with van der Waals surface area (Å²) in [5, 5.41) is 13.2. The van der Waals surface area contributed by atoms with E-state index in [4.69, 9.17) is 23.2 Å². The first-order valence-corrected chi connectivity index (χ1v) is 10.3. The molecular weight excluding hydrogens is 415 g/mol. The summed E-state index contributed by atoms with van der Waals surface area (Å²) < 4.78 is 1.93. The van der Waals surface area contributed by atoms with Crippen molar-refractivity contribution >= 4 is 40.9 Å². The highest BCUT2D eigenvalue weighted by Crippen LogP contribution is 2.27. The molecule has 1 amide bonds. The van der Waals surface area contributed by atoms with Crippen LogP contribution < -0.4 is 5.32 Å². The lowest BCUT2D eigenvalue weighted by molar-refractivity contribution is 0.0949. The van der Waals surface area contributed by atoms with Crippen LogP contribution in [0.4, 0.5) is 0 Å². The largest absolute Gasteiger partial charge is 0.345 e. The molecule has 1 N–H and O–H groups in total. The van der Waals surface area contributed by atoms with E-state index in [1.807, 2.05) is 34.9 Å². The van der Waals surface area contributed by atoms with E-state index >= 15 is 0 Å². The van der Waals surface area contributed by atoms with Crippen LogP contribution in [0.5, 0.6) is 0 Å². The molecule has 0 aliphatic rings. The van der Waals surface area contributed by atoms with Gasteiger partial charge in [-0.15, -0.1) is 16.8 Å². The van der Waals surface area contributed by atoms with Gasteiger partial charge in [-0.05, 0) is 29.8 Å². The van der Waals surface area contributed by atoms with E-state index in [-0.39, 0.29) is 12.5 Å². The van der Waals surface area contributed by atoms with Crippen LogP contribution in [0.25, 0.3) is 0 Å². The normalized spacial score (nSPS) is 10.6. The smallest absolute Gasteiger partial charge is 0.251 e. The molecule has 0 aliphatic carbocycles. The van der Waals surface area contributed by atoms with Crippen LogP contribution in [0.1, 0.15) is 21.7 Å². The van der Waals surface area contributed by atoms with Gasteiger partial charge in [0.05, 0.1) is 16.6 Å². The number of amides is 1. The van der Waals surface area contributed by atoms with Crippen molar-refractivity contribution in [1.82, 2.24) is 20.1 Å². The quantitative estimate of drug-likeness (QED) is 0.402. The van der Waals surface area contributed by atoms with Crippen LogP contribution in [-0.2, 0) is 18.8 Å². The summed E-state index contributed by atoms with van der Waals surface area (Å²) in [5.74, 6) is 1.18. The lowest BCUT2D eigenvalue weighted by Crippen LogP contribution is -2.24. The van der Waals surface area contributed by atoms with Crippen molar-refractivity contribution < 1.29 is 4.79 Å². The van der Waals surface area contributed by atoms with Gasteiger partial charge in [0.15, 0.2) is 11.0 Å². The SMILES string of the molecule is C=CCn1c(CNC(=O)c2ccccc2)nnc1SCc1ccc(Cl)c(Cl)c1. The summed E-state index contributed by atoms with van der Waals surface area (Å²) in [6, 6.07) is 14.6. The molecule has 0 spiro atoms. The summed E-state index contributed by atoms with van der Waals surface area (Å²) >= 11 is 13.6. The van der Waals surface area contributed by atoms with Crippen LogP contribution in [0.15, 0.2) is 66.3 Å². The Hall–Kier alpha value is -2.28. The van der Waals surface area contributed by atoms with E-state index in [1.165, 1.54) is 11.8 Å². The van der Waals surface area contributed by atoms with E-state index in [2.05, 4.69) is 22.1 Å². The standard InChI is InChI=1S/C20H18Cl2N4OS/c1-2-10-26-18(12-23-19(27)15-6-4-3-5-7-15)24-25-20(26)28-13-14-8-9-16(21)17(22)11-14/h2-9,11H,1,10,12-13H2,(H,23,27). The Morgan fingerprint density at radius 3 is 2.64 bits per heavy atom. The molecule has 144 valence electrons. The number of carbonyl (C=O) groups is 1. The predicted molar refractivity (Wildman–Crippen MR) is 114 cm³/mol. The van der Waals surface area contributed by atoms with Gasteiger partial charge in [-0.1, -0.05) is 65.3 Å². The molecule has 0 radical (unpaired) electrons. The highest BCUT2D eigenvalue weighted by molar-refractivity contribution is 7.98. The number of hydrogen-bond donors (Lipinski definition) is 1. The van der Waals surface area contributed by atoms with E-state index in [0.29, 0.717) is 33.7 Å². The number of carbonyl (C=O) groups excluding carboxylic acids is 1. The monoisotopic (exact) mass is 432 g/mol. The molecule has 0 aliphatic heterocycles.